The van der Waals surface area contributed by atoms with E-state index in [1.54, 1.807) is 38.1 Å². The highest BCUT2D eigenvalue weighted by Crippen LogP contribution is 2.38. The second-order valence-electron chi connectivity index (χ2n) is 5.95. The Bertz CT molecular complexity index is 1190. The summed E-state index contributed by atoms with van der Waals surface area (Å²) in [6.45, 7) is 3.31. The van der Waals surface area contributed by atoms with Gasteiger partial charge in [0.05, 0.1) is 0 Å². The minimum absolute atomic E-state index is 0.0489. The van der Waals surface area contributed by atoms with Gasteiger partial charge in [-0.3, -0.25) is 0 Å². The summed E-state index contributed by atoms with van der Waals surface area (Å²) in [6.07, 6.45) is 0. The highest BCUT2D eigenvalue weighted by atomic mass is 32.2. The Morgan fingerprint density at radius 2 is 1.74 bits per heavy atom. The zero-order valence-electron chi connectivity index (χ0n) is 14.1. The first-order chi connectivity index (χ1) is 12.5. The lowest BCUT2D eigenvalue weighted by Crippen LogP contribution is -2.28. The maximum atomic E-state index is 12.8. The third-order valence-corrected chi connectivity index (χ3v) is 4.83. The first-order valence-electron chi connectivity index (χ1n) is 7.64. The summed E-state index contributed by atoms with van der Waals surface area (Å²) in [5.74, 6) is -0.512. The Kier molecular flexibility index (Phi) is 4.51. The van der Waals surface area contributed by atoms with Crippen molar-refractivity contribution >= 4 is 21.1 Å². The van der Waals surface area contributed by atoms with Gasteiger partial charge in [-0.15, -0.1) is 0 Å². The van der Waals surface area contributed by atoms with Gasteiger partial charge >= 0.3 is 21.3 Å². The molecule has 0 aliphatic heterocycles. The normalized spacial score (nSPS) is 12.3. The number of halogens is 3. The molecule has 0 bridgehead atoms. The van der Waals surface area contributed by atoms with Crippen LogP contribution in [0.25, 0.3) is 22.1 Å². The topological polar surface area (TPSA) is 73.6 Å². The van der Waals surface area contributed by atoms with Gasteiger partial charge in [0.25, 0.3) is 0 Å². The lowest BCUT2D eigenvalue weighted by molar-refractivity contribution is -0.0499. The van der Waals surface area contributed by atoms with Crippen LogP contribution < -0.4 is 9.81 Å². The zero-order chi connectivity index (χ0) is 20.0. The molecule has 0 unspecified atom stereocenters. The van der Waals surface area contributed by atoms with Crippen molar-refractivity contribution in [1.29, 1.82) is 0 Å². The van der Waals surface area contributed by atoms with Crippen LogP contribution in [0.3, 0.4) is 0 Å². The van der Waals surface area contributed by atoms with Crippen molar-refractivity contribution in [3.05, 3.63) is 64.0 Å². The van der Waals surface area contributed by atoms with Gasteiger partial charge in [0.2, 0.25) is 0 Å². The quantitative estimate of drug-likeness (QED) is 0.374. The van der Waals surface area contributed by atoms with Gasteiger partial charge in [0.1, 0.15) is 5.58 Å². The van der Waals surface area contributed by atoms with Crippen molar-refractivity contribution in [3.8, 4) is 16.9 Å². The summed E-state index contributed by atoms with van der Waals surface area (Å²) in [4.78, 5) is 11.6. The number of alkyl halides is 3. The average Bonchev–Trinajstić information content (AvgIpc) is 2.53. The van der Waals surface area contributed by atoms with Crippen LogP contribution in [0, 0.1) is 13.8 Å². The molecule has 0 fully saturated rings. The molecule has 27 heavy (non-hydrogen) atoms. The standard InChI is InChI=1S/C18H13F3O5S/c1-10-4-3-5-12(6-10)14-9-15-13(11(2)7-17(22)25-15)8-16(14)26-27(23,24)18(19,20)21/h3-9H,1-2H3. The fraction of sp³-hybridized carbons (Fsp3) is 0.167. The van der Waals surface area contributed by atoms with Gasteiger partial charge in [0.15, 0.2) is 5.75 Å². The van der Waals surface area contributed by atoms with Crippen molar-refractivity contribution in [2.45, 2.75) is 19.4 Å². The number of aryl methyl sites for hydroxylation is 2. The summed E-state index contributed by atoms with van der Waals surface area (Å²) in [5, 5.41) is 0.262. The van der Waals surface area contributed by atoms with Crippen molar-refractivity contribution in [2.24, 2.45) is 0 Å². The summed E-state index contributed by atoms with van der Waals surface area (Å²) in [7, 11) is -5.87. The third-order valence-electron chi connectivity index (χ3n) is 3.86. The molecule has 0 amide bonds. The van der Waals surface area contributed by atoms with E-state index >= 15 is 0 Å². The van der Waals surface area contributed by atoms with E-state index in [2.05, 4.69) is 4.18 Å². The largest absolute Gasteiger partial charge is 0.534 e. The first-order valence-corrected chi connectivity index (χ1v) is 9.05. The van der Waals surface area contributed by atoms with E-state index in [1.807, 2.05) is 0 Å². The van der Waals surface area contributed by atoms with Crippen molar-refractivity contribution < 1.29 is 30.2 Å². The van der Waals surface area contributed by atoms with Gasteiger partial charge in [-0.05, 0) is 37.1 Å². The molecule has 3 aromatic rings. The van der Waals surface area contributed by atoms with Crippen molar-refractivity contribution in [1.82, 2.24) is 0 Å². The van der Waals surface area contributed by atoms with Crippen LogP contribution in [-0.2, 0) is 10.1 Å². The number of hydrogen-bond donors (Lipinski definition) is 0. The molecule has 0 radical (unpaired) electrons. The molecule has 0 N–H and O–H groups in total. The minimum atomic E-state index is -5.87. The van der Waals surface area contributed by atoms with Crippen LogP contribution in [0.1, 0.15) is 11.1 Å². The molecule has 5 nitrogen and oxygen atoms in total. The number of hydrogen-bond acceptors (Lipinski definition) is 5. The fourth-order valence-electron chi connectivity index (χ4n) is 2.62. The van der Waals surface area contributed by atoms with Crippen molar-refractivity contribution in [2.75, 3.05) is 0 Å². The first kappa shape index (κ1) is 19.0. The van der Waals surface area contributed by atoms with E-state index in [-0.39, 0.29) is 16.5 Å². The van der Waals surface area contributed by atoms with Crippen LogP contribution in [0.5, 0.6) is 5.75 Å². The van der Waals surface area contributed by atoms with Gasteiger partial charge in [-0.1, -0.05) is 29.8 Å². The monoisotopic (exact) mass is 398 g/mol. The smallest absolute Gasteiger partial charge is 0.423 e. The van der Waals surface area contributed by atoms with Crippen LogP contribution in [0.2, 0.25) is 0 Å². The highest BCUT2D eigenvalue weighted by Gasteiger charge is 2.48. The van der Waals surface area contributed by atoms with E-state index in [0.29, 0.717) is 11.1 Å². The van der Waals surface area contributed by atoms with Gasteiger partial charge in [-0.25, -0.2) is 4.79 Å². The molecular weight excluding hydrogens is 385 g/mol. The molecule has 9 heteroatoms. The summed E-state index contributed by atoms with van der Waals surface area (Å²) in [6, 6.07) is 10.2. The lowest BCUT2D eigenvalue weighted by atomic mass is 10.00. The lowest BCUT2D eigenvalue weighted by Gasteiger charge is -2.15. The van der Waals surface area contributed by atoms with E-state index in [4.69, 9.17) is 4.42 Å². The van der Waals surface area contributed by atoms with E-state index in [1.165, 1.54) is 6.07 Å². The number of benzene rings is 2. The zero-order valence-corrected chi connectivity index (χ0v) is 14.9. The predicted octanol–water partition coefficient (Wildman–Crippen LogP) is 4.31. The SMILES string of the molecule is Cc1cccc(-c2cc3oc(=O)cc(C)c3cc2OS(=O)(=O)C(F)(F)F)c1. The second-order valence-corrected chi connectivity index (χ2v) is 7.48. The third kappa shape index (κ3) is 3.68. The van der Waals surface area contributed by atoms with Crippen LogP contribution in [0.4, 0.5) is 13.2 Å². The van der Waals surface area contributed by atoms with Crippen LogP contribution >= 0.6 is 0 Å². The maximum Gasteiger partial charge on any atom is 0.534 e. The van der Waals surface area contributed by atoms with E-state index < -0.39 is 27.0 Å². The Morgan fingerprint density at radius 3 is 2.37 bits per heavy atom. The molecule has 0 saturated heterocycles. The Morgan fingerprint density at radius 1 is 1.04 bits per heavy atom. The molecule has 0 spiro atoms. The summed E-state index contributed by atoms with van der Waals surface area (Å²) < 4.78 is 70.9. The van der Waals surface area contributed by atoms with Gasteiger partial charge in [0, 0.05) is 17.0 Å². The number of rotatable bonds is 3. The second kappa shape index (κ2) is 6.41. The average molecular weight is 398 g/mol. The highest BCUT2D eigenvalue weighted by molar-refractivity contribution is 7.88. The molecule has 0 aliphatic rings. The molecular formula is C18H13F3O5S. The van der Waals surface area contributed by atoms with E-state index in [0.717, 1.165) is 17.7 Å². The summed E-state index contributed by atoms with van der Waals surface area (Å²) in [5.41, 5.74) is -4.44. The Hall–Kier alpha value is -2.81. The molecule has 0 saturated carbocycles. The fourth-order valence-corrected chi connectivity index (χ4v) is 3.09. The molecule has 1 aromatic heterocycles. The van der Waals surface area contributed by atoms with Crippen LogP contribution in [-0.4, -0.2) is 13.9 Å². The molecule has 142 valence electrons. The Balaban J connectivity index is 2.32. The number of fused-ring (bicyclic) bond motifs is 1. The minimum Gasteiger partial charge on any atom is -0.423 e. The molecule has 1 heterocycles. The van der Waals surface area contributed by atoms with Crippen molar-refractivity contribution in [3.63, 3.8) is 0 Å². The Labute approximate surface area is 152 Å². The van der Waals surface area contributed by atoms with E-state index in [9.17, 15) is 26.4 Å². The molecule has 0 atom stereocenters. The molecule has 0 aliphatic carbocycles. The maximum absolute atomic E-state index is 12.8. The molecule has 2 aromatic carbocycles. The van der Waals surface area contributed by atoms with Gasteiger partial charge < -0.3 is 8.60 Å². The summed E-state index contributed by atoms with van der Waals surface area (Å²) >= 11 is 0. The molecule has 3 rings (SSSR count). The predicted molar refractivity (Wildman–Crippen MR) is 93.0 cm³/mol. The van der Waals surface area contributed by atoms with Gasteiger partial charge in [-0.2, -0.15) is 21.6 Å². The van der Waals surface area contributed by atoms with Crippen LogP contribution in [0.15, 0.2) is 51.7 Å².